The molecule has 2 nitrogen and oxygen atoms in total. The molecule has 0 bridgehead atoms. The van der Waals surface area contributed by atoms with E-state index in [1.165, 1.54) is 17.7 Å². The Kier molecular flexibility index (Phi) is 5.46. The minimum absolute atomic E-state index is 0.358. The van der Waals surface area contributed by atoms with Gasteiger partial charge in [-0.1, -0.05) is 54.1 Å². The lowest BCUT2D eigenvalue weighted by atomic mass is 10.0. The first-order chi connectivity index (χ1) is 12.6. The summed E-state index contributed by atoms with van der Waals surface area (Å²) in [4.78, 5) is 0. The zero-order valence-electron chi connectivity index (χ0n) is 14.4. The highest BCUT2D eigenvalue weighted by Gasteiger charge is 2.03. The van der Waals surface area contributed by atoms with Crippen LogP contribution in [-0.2, 0) is 6.61 Å². The third-order valence-corrected chi connectivity index (χ3v) is 3.97. The Morgan fingerprint density at radius 3 is 2.42 bits per heavy atom. The highest BCUT2D eigenvalue weighted by atomic mass is 19.1. The first-order valence-electron chi connectivity index (χ1n) is 8.30. The molecule has 0 fully saturated rings. The largest absolute Gasteiger partial charge is 0.489 e. The van der Waals surface area contributed by atoms with Crippen LogP contribution in [0.3, 0.4) is 0 Å². The standard InChI is InChI=1S/C23H18FNO/c1-17-5-7-19(8-6-17)16-26-23-11-9-18(10-12-23)13-21(15-25)20-3-2-4-22(24)14-20/h2-14H,16H2,1H3/b21-13-. The molecule has 0 amide bonds. The van der Waals surface area contributed by atoms with E-state index in [1.807, 2.05) is 36.4 Å². The highest BCUT2D eigenvalue weighted by Crippen LogP contribution is 2.21. The van der Waals surface area contributed by atoms with Gasteiger partial charge in [0.25, 0.3) is 0 Å². The lowest BCUT2D eigenvalue weighted by molar-refractivity contribution is 0.306. The Labute approximate surface area is 152 Å². The predicted octanol–water partition coefficient (Wildman–Crippen LogP) is 5.78. The fraction of sp³-hybridized carbons (Fsp3) is 0.0870. The molecule has 0 N–H and O–H groups in total. The summed E-state index contributed by atoms with van der Waals surface area (Å²) in [5.74, 6) is 0.399. The van der Waals surface area contributed by atoms with Crippen LogP contribution >= 0.6 is 0 Å². The summed E-state index contributed by atoms with van der Waals surface area (Å²) >= 11 is 0. The number of ether oxygens (including phenoxy) is 1. The number of hydrogen-bond acceptors (Lipinski definition) is 2. The van der Waals surface area contributed by atoms with E-state index >= 15 is 0 Å². The number of halogens is 1. The lowest BCUT2D eigenvalue weighted by Crippen LogP contribution is -1.95. The van der Waals surface area contributed by atoms with Crippen LogP contribution in [0, 0.1) is 24.1 Å². The molecule has 3 heteroatoms. The third kappa shape index (κ3) is 4.58. The van der Waals surface area contributed by atoms with Gasteiger partial charge in [-0.2, -0.15) is 5.26 Å². The van der Waals surface area contributed by atoms with Crippen LogP contribution in [0.25, 0.3) is 11.6 Å². The fourth-order valence-electron chi connectivity index (χ4n) is 2.51. The molecule has 0 aliphatic heterocycles. The van der Waals surface area contributed by atoms with E-state index in [0.29, 0.717) is 17.7 Å². The fourth-order valence-corrected chi connectivity index (χ4v) is 2.51. The molecule has 3 aromatic carbocycles. The SMILES string of the molecule is Cc1ccc(COc2ccc(/C=C(/C#N)c3cccc(F)c3)cc2)cc1. The van der Waals surface area contributed by atoms with Crippen LogP contribution in [0.15, 0.2) is 72.8 Å². The second kappa shape index (κ2) is 8.13. The number of rotatable bonds is 5. The Hall–Kier alpha value is -3.38. The first-order valence-corrected chi connectivity index (χ1v) is 8.30. The molecular weight excluding hydrogens is 325 g/mol. The minimum Gasteiger partial charge on any atom is -0.489 e. The molecule has 0 radical (unpaired) electrons. The van der Waals surface area contributed by atoms with Crippen molar-refractivity contribution in [3.05, 3.63) is 101 Å². The van der Waals surface area contributed by atoms with E-state index in [2.05, 4.69) is 25.1 Å². The van der Waals surface area contributed by atoms with Gasteiger partial charge in [-0.05, 0) is 54.0 Å². The van der Waals surface area contributed by atoms with Gasteiger partial charge < -0.3 is 4.74 Å². The van der Waals surface area contributed by atoms with Crippen LogP contribution in [0.1, 0.15) is 22.3 Å². The Balaban J connectivity index is 1.70. The topological polar surface area (TPSA) is 33.0 Å². The molecule has 26 heavy (non-hydrogen) atoms. The molecule has 0 atom stereocenters. The van der Waals surface area contributed by atoms with Gasteiger partial charge in [0.05, 0.1) is 11.6 Å². The van der Waals surface area contributed by atoms with Gasteiger partial charge in [0.15, 0.2) is 0 Å². The van der Waals surface area contributed by atoms with Gasteiger partial charge in [0, 0.05) is 0 Å². The van der Waals surface area contributed by atoms with Crippen LogP contribution in [0.2, 0.25) is 0 Å². The number of nitrogens with zero attached hydrogens (tertiary/aromatic N) is 1. The Morgan fingerprint density at radius 1 is 1.04 bits per heavy atom. The number of benzene rings is 3. The van der Waals surface area contributed by atoms with Crippen molar-refractivity contribution in [1.82, 2.24) is 0 Å². The molecule has 0 aliphatic carbocycles. The van der Waals surface area contributed by atoms with Crippen molar-refractivity contribution in [2.75, 3.05) is 0 Å². The summed E-state index contributed by atoms with van der Waals surface area (Å²) in [7, 11) is 0. The summed E-state index contributed by atoms with van der Waals surface area (Å²) in [5, 5.41) is 9.35. The molecule has 0 unspecified atom stereocenters. The van der Waals surface area contributed by atoms with Gasteiger partial charge in [-0.15, -0.1) is 0 Å². The normalized spacial score (nSPS) is 11.0. The summed E-state index contributed by atoms with van der Waals surface area (Å²) in [5.41, 5.74) is 4.16. The average Bonchev–Trinajstić information content (AvgIpc) is 2.66. The molecule has 0 aliphatic rings. The first kappa shape index (κ1) is 17.4. The number of nitriles is 1. The molecule has 0 aromatic heterocycles. The Bertz CT molecular complexity index is 951. The van der Waals surface area contributed by atoms with Crippen molar-refractivity contribution < 1.29 is 9.13 Å². The van der Waals surface area contributed by atoms with Crippen molar-refractivity contribution in [3.8, 4) is 11.8 Å². The van der Waals surface area contributed by atoms with E-state index in [1.54, 1.807) is 18.2 Å². The van der Waals surface area contributed by atoms with Crippen molar-refractivity contribution >= 4 is 11.6 Å². The molecule has 3 aromatic rings. The van der Waals surface area contributed by atoms with Gasteiger partial charge in [0.2, 0.25) is 0 Å². The summed E-state index contributed by atoms with van der Waals surface area (Å²) in [6, 6.07) is 23.8. The second-order valence-electron chi connectivity index (χ2n) is 6.02. The highest BCUT2D eigenvalue weighted by molar-refractivity contribution is 5.89. The van der Waals surface area contributed by atoms with E-state index in [4.69, 9.17) is 4.74 Å². The third-order valence-electron chi connectivity index (χ3n) is 3.97. The maximum absolute atomic E-state index is 13.3. The van der Waals surface area contributed by atoms with Gasteiger partial charge in [-0.3, -0.25) is 0 Å². The average molecular weight is 343 g/mol. The maximum atomic E-state index is 13.3. The molecule has 0 heterocycles. The summed E-state index contributed by atoms with van der Waals surface area (Å²) in [6.45, 7) is 2.55. The lowest BCUT2D eigenvalue weighted by Gasteiger charge is -2.07. The van der Waals surface area contributed by atoms with Gasteiger partial charge in [-0.25, -0.2) is 4.39 Å². The van der Waals surface area contributed by atoms with Crippen molar-refractivity contribution in [1.29, 1.82) is 5.26 Å². The zero-order valence-corrected chi connectivity index (χ0v) is 14.4. The molecule has 128 valence electrons. The van der Waals surface area contributed by atoms with Crippen LogP contribution in [-0.4, -0.2) is 0 Å². The minimum atomic E-state index is -0.358. The van der Waals surface area contributed by atoms with Crippen molar-refractivity contribution in [2.24, 2.45) is 0 Å². The molecule has 0 saturated carbocycles. The van der Waals surface area contributed by atoms with E-state index in [-0.39, 0.29) is 5.82 Å². The molecule has 0 spiro atoms. The zero-order chi connectivity index (χ0) is 18.4. The van der Waals surface area contributed by atoms with Crippen LogP contribution < -0.4 is 4.74 Å². The molecule has 0 saturated heterocycles. The summed E-state index contributed by atoms with van der Waals surface area (Å²) < 4.78 is 19.1. The van der Waals surface area contributed by atoms with Crippen molar-refractivity contribution in [2.45, 2.75) is 13.5 Å². The predicted molar refractivity (Wildman–Crippen MR) is 102 cm³/mol. The van der Waals surface area contributed by atoms with Crippen molar-refractivity contribution in [3.63, 3.8) is 0 Å². The van der Waals surface area contributed by atoms with E-state index in [9.17, 15) is 9.65 Å². The number of hydrogen-bond donors (Lipinski definition) is 0. The van der Waals surface area contributed by atoms with Crippen LogP contribution in [0.4, 0.5) is 4.39 Å². The van der Waals surface area contributed by atoms with Gasteiger partial charge in [0.1, 0.15) is 18.2 Å². The quantitative estimate of drug-likeness (QED) is 0.435. The Morgan fingerprint density at radius 2 is 1.77 bits per heavy atom. The number of allylic oxidation sites excluding steroid dienone is 1. The van der Waals surface area contributed by atoms with Crippen LogP contribution in [0.5, 0.6) is 5.75 Å². The molecular formula is C23H18FNO. The molecule has 3 rings (SSSR count). The second-order valence-corrected chi connectivity index (χ2v) is 6.02. The van der Waals surface area contributed by atoms with E-state index in [0.717, 1.165) is 16.9 Å². The number of aryl methyl sites for hydroxylation is 1. The van der Waals surface area contributed by atoms with Gasteiger partial charge >= 0.3 is 0 Å². The monoisotopic (exact) mass is 343 g/mol. The smallest absolute Gasteiger partial charge is 0.123 e. The summed E-state index contributed by atoms with van der Waals surface area (Å²) in [6.07, 6.45) is 1.73. The van der Waals surface area contributed by atoms with E-state index < -0.39 is 0 Å². The maximum Gasteiger partial charge on any atom is 0.123 e.